The second kappa shape index (κ2) is 7.55. The predicted octanol–water partition coefficient (Wildman–Crippen LogP) is 2.90. The molecule has 0 saturated heterocycles. The first-order valence-corrected chi connectivity index (χ1v) is 7.97. The highest BCUT2D eigenvalue weighted by atomic mass is 19.1. The van der Waals surface area contributed by atoms with Crippen LogP contribution < -0.4 is 11.5 Å². The van der Waals surface area contributed by atoms with E-state index >= 15 is 0 Å². The third-order valence-electron chi connectivity index (χ3n) is 4.02. The van der Waals surface area contributed by atoms with E-state index in [9.17, 15) is 18.0 Å². The first-order chi connectivity index (χ1) is 12.8. The van der Waals surface area contributed by atoms with Crippen molar-refractivity contribution in [2.75, 3.05) is 0 Å². The van der Waals surface area contributed by atoms with Crippen LogP contribution in [0.4, 0.5) is 13.2 Å². The van der Waals surface area contributed by atoms with Crippen molar-refractivity contribution < 1.29 is 18.0 Å². The minimum Gasteiger partial charge on any atom is -0.366 e. The molecule has 0 unspecified atom stereocenters. The number of amides is 1. The molecule has 1 aromatic heterocycles. The van der Waals surface area contributed by atoms with Crippen molar-refractivity contribution in [3.8, 4) is 11.1 Å². The minimum atomic E-state index is -0.905. The Morgan fingerprint density at radius 1 is 1.04 bits per heavy atom. The molecule has 4 N–H and O–H groups in total. The monoisotopic (exact) mass is 372 g/mol. The average Bonchev–Trinajstić information content (AvgIpc) is 2.61. The summed E-state index contributed by atoms with van der Waals surface area (Å²) in [5, 5.41) is 7.82. The molecule has 5 nitrogen and oxygen atoms in total. The summed E-state index contributed by atoms with van der Waals surface area (Å²) in [5.41, 5.74) is 12.8. The maximum Gasteiger partial charge on any atom is 0.251 e. The van der Waals surface area contributed by atoms with E-state index in [0.29, 0.717) is 22.4 Å². The van der Waals surface area contributed by atoms with Crippen LogP contribution in [0.3, 0.4) is 0 Å². The molecule has 1 heterocycles. The second-order valence-corrected chi connectivity index (χ2v) is 5.98. The zero-order valence-electron chi connectivity index (χ0n) is 14.0. The molecule has 2 aromatic carbocycles. The fourth-order valence-electron chi connectivity index (χ4n) is 2.82. The van der Waals surface area contributed by atoms with Crippen LogP contribution in [0.1, 0.15) is 27.7 Å². The number of hydrogen-bond acceptors (Lipinski definition) is 4. The maximum absolute atomic E-state index is 13.7. The van der Waals surface area contributed by atoms with E-state index in [-0.39, 0.29) is 12.0 Å². The Labute approximate surface area is 152 Å². The fraction of sp³-hybridized carbons (Fsp3) is 0.105. The third kappa shape index (κ3) is 4.12. The molecule has 0 fully saturated rings. The quantitative estimate of drug-likeness (QED) is 0.720. The Bertz CT molecular complexity index is 990. The molecular formula is C19H15F3N4O. The summed E-state index contributed by atoms with van der Waals surface area (Å²) in [5.74, 6) is -3.06. The van der Waals surface area contributed by atoms with Crippen LogP contribution >= 0.6 is 0 Å². The van der Waals surface area contributed by atoms with E-state index in [1.807, 2.05) is 0 Å². The highest BCUT2D eigenvalue weighted by Crippen LogP contribution is 2.28. The highest BCUT2D eigenvalue weighted by molar-refractivity contribution is 5.94. The number of hydrogen-bond donors (Lipinski definition) is 2. The lowest BCUT2D eigenvalue weighted by molar-refractivity contribution is 0.0996. The molecule has 3 aromatic rings. The van der Waals surface area contributed by atoms with Crippen LogP contribution in [0, 0.1) is 17.5 Å². The van der Waals surface area contributed by atoms with Gasteiger partial charge < -0.3 is 11.5 Å². The summed E-state index contributed by atoms with van der Waals surface area (Å²) < 4.78 is 40.5. The minimum absolute atomic E-state index is 0.101. The van der Waals surface area contributed by atoms with Crippen LogP contribution in [0.25, 0.3) is 11.1 Å². The molecule has 138 valence electrons. The van der Waals surface area contributed by atoms with Crippen LogP contribution in [-0.2, 0) is 6.42 Å². The Kier molecular flexibility index (Phi) is 5.18. The lowest BCUT2D eigenvalue weighted by atomic mass is 9.95. The van der Waals surface area contributed by atoms with Crippen LogP contribution in [-0.4, -0.2) is 16.1 Å². The van der Waals surface area contributed by atoms with Crippen molar-refractivity contribution in [2.45, 2.75) is 12.5 Å². The Morgan fingerprint density at radius 3 is 2.41 bits per heavy atom. The Balaban J connectivity index is 1.99. The first-order valence-electron chi connectivity index (χ1n) is 7.97. The van der Waals surface area contributed by atoms with Crippen molar-refractivity contribution in [1.29, 1.82) is 0 Å². The molecule has 0 saturated carbocycles. The highest BCUT2D eigenvalue weighted by Gasteiger charge is 2.18. The first kappa shape index (κ1) is 18.5. The van der Waals surface area contributed by atoms with Gasteiger partial charge in [0.1, 0.15) is 17.5 Å². The van der Waals surface area contributed by atoms with Gasteiger partial charge in [-0.1, -0.05) is 6.07 Å². The summed E-state index contributed by atoms with van der Waals surface area (Å²) in [4.78, 5) is 11.4. The lowest BCUT2D eigenvalue weighted by Gasteiger charge is -2.15. The lowest BCUT2D eigenvalue weighted by Crippen LogP contribution is -2.17. The normalized spacial score (nSPS) is 12.0. The van der Waals surface area contributed by atoms with Gasteiger partial charge in [-0.3, -0.25) is 4.79 Å². The van der Waals surface area contributed by atoms with Gasteiger partial charge in [0.05, 0.1) is 23.5 Å². The number of nitrogens with zero attached hydrogens (tertiary/aromatic N) is 2. The number of aromatic nitrogens is 2. The summed E-state index contributed by atoms with van der Waals surface area (Å²) in [6, 6.07) is 7.87. The molecule has 1 amide bonds. The summed E-state index contributed by atoms with van der Waals surface area (Å²) in [6.07, 6.45) is 1.52. The van der Waals surface area contributed by atoms with Crippen LogP contribution in [0.5, 0.6) is 0 Å². The van der Waals surface area contributed by atoms with Crippen molar-refractivity contribution in [2.24, 2.45) is 11.5 Å². The van der Waals surface area contributed by atoms with E-state index in [4.69, 9.17) is 11.5 Å². The zero-order valence-corrected chi connectivity index (χ0v) is 14.0. The van der Waals surface area contributed by atoms with Gasteiger partial charge in [-0.2, -0.15) is 10.2 Å². The summed E-state index contributed by atoms with van der Waals surface area (Å²) in [7, 11) is 0. The second-order valence-electron chi connectivity index (χ2n) is 5.98. The molecule has 0 aliphatic rings. The van der Waals surface area contributed by atoms with Gasteiger partial charge in [0.25, 0.3) is 5.91 Å². The molecule has 8 heteroatoms. The Hall–Kier alpha value is -3.26. The smallest absolute Gasteiger partial charge is 0.251 e. The number of primary amides is 1. The van der Waals surface area contributed by atoms with E-state index in [1.165, 1.54) is 30.5 Å². The predicted molar refractivity (Wildman–Crippen MR) is 92.9 cm³/mol. The van der Waals surface area contributed by atoms with Gasteiger partial charge in [-0.25, -0.2) is 13.2 Å². The van der Waals surface area contributed by atoms with Gasteiger partial charge in [0.15, 0.2) is 0 Å². The van der Waals surface area contributed by atoms with Gasteiger partial charge in [-0.15, -0.1) is 0 Å². The molecule has 1 atom stereocenters. The molecule has 0 spiro atoms. The van der Waals surface area contributed by atoms with Crippen molar-refractivity contribution in [3.05, 3.63) is 82.9 Å². The molecule has 0 aliphatic heterocycles. The van der Waals surface area contributed by atoms with E-state index < -0.39 is 29.4 Å². The molecule has 0 aliphatic carbocycles. The van der Waals surface area contributed by atoms with Gasteiger partial charge in [0.2, 0.25) is 0 Å². The largest absolute Gasteiger partial charge is 0.366 e. The Morgan fingerprint density at radius 2 is 1.74 bits per heavy atom. The van der Waals surface area contributed by atoms with Gasteiger partial charge in [0, 0.05) is 11.6 Å². The number of benzene rings is 2. The van der Waals surface area contributed by atoms with Crippen molar-refractivity contribution in [1.82, 2.24) is 10.2 Å². The topological polar surface area (TPSA) is 94.9 Å². The number of rotatable bonds is 5. The maximum atomic E-state index is 13.7. The SMILES string of the molecule is NC(=O)c1cc(-c2ccnnc2[C@@H](N)Cc2cc(F)cc(F)c2)ccc1F. The van der Waals surface area contributed by atoms with Gasteiger partial charge in [-0.05, 0) is 47.9 Å². The van der Waals surface area contributed by atoms with Crippen molar-refractivity contribution in [3.63, 3.8) is 0 Å². The molecular weight excluding hydrogens is 357 g/mol. The molecule has 0 radical (unpaired) electrons. The fourth-order valence-corrected chi connectivity index (χ4v) is 2.82. The van der Waals surface area contributed by atoms with Crippen LogP contribution in [0.15, 0.2) is 48.7 Å². The van der Waals surface area contributed by atoms with E-state index in [1.54, 1.807) is 6.07 Å². The third-order valence-corrected chi connectivity index (χ3v) is 4.02. The zero-order chi connectivity index (χ0) is 19.6. The molecule has 3 rings (SSSR count). The standard InChI is InChI=1S/C19H15F3N4O/c20-12-5-10(6-13(21)9-12)7-17(23)18-14(3-4-25-26-18)11-1-2-16(22)15(8-11)19(24)27/h1-6,8-9,17H,7,23H2,(H2,24,27)/t17-/m0/s1. The summed E-state index contributed by atoms with van der Waals surface area (Å²) in [6.45, 7) is 0. The number of carbonyl (C=O) groups excluding carboxylic acids is 1. The number of carbonyl (C=O) groups is 1. The van der Waals surface area contributed by atoms with Crippen molar-refractivity contribution >= 4 is 5.91 Å². The number of nitrogens with two attached hydrogens (primary N) is 2. The van der Waals surface area contributed by atoms with Gasteiger partial charge >= 0.3 is 0 Å². The summed E-state index contributed by atoms with van der Waals surface area (Å²) >= 11 is 0. The molecule has 27 heavy (non-hydrogen) atoms. The van der Waals surface area contributed by atoms with Crippen LogP contribution in [0.2, 0.25) is 0 Å². The average molecular weight is 372 g/mol. The van der Waals surface area contributed by atoms with E-state index in [0.717, 1.165) is 12.1 Å². The molecule has 0 bridgehead atoms. The number of halogens is 3. The van der Waals surface area contributed by atoms with E-state index in [2.05, 4.69) is 10.2 Å².